The summed E-state index contributed by atoms with van der Waals surface area (Å²) in [6.45, 7) is 8.39. The molecule has 7 nitrogen and oxygen atoms in total. The predicted molar refractivity (Wildman–Crippen MR) is 122 cm³/mol. The van der Waals surface area contributed by atoms with E-state index in [1.165, 1.54) is 28.5 Å². The van der Waals surface area contributed by atoms with Crippen LogP contribution in [0.3, 0.4) is 0 Å². The lowest BCUT2D eigenvalue weighted by Gasteiger charge is -2.12. The summed E-state index contributed by atoms with van der Waals surface area (Å²) in [5.41, 5.74) is 3.94. The molecular formula is C22H32N2O5S. The average molecular weight is 437 g/mol. The Bertz CT molecular complexity index is 719. The van der Waals surface area contributed by atoms with Gasteiger partial charge in [0, 0.05) is 28.8 Å². The molecular weight excluding hydrogens is 404 g/mol. The van der Waals surface area contributed by atoms with Gasteiger partial charge in [-0.05, 0) is 53.4 Å². The molecule has 0 aromatic rings. The van der Waals surface area contributed by atoms with E-state index in [1.807, 2.05) is 6.92 Å². The zero-order chi connectivity index (χ0) is 22.9. The second-order valence-corrected chi connectivity index (χ2v) is 8.23. The van der Waals surface area contributed by atoms with Gasteiger partial charge in [-0.2, -0.15) is 11.8 Å². The van der Waals surface area contributed by atoms with Crippen molar-refractivity contribution in [3.8, 4) is 0 Å². The van der Waals surface area contributed by atoms with Gasteiger partial charge in [0.15, 0.2) is 0 Å². The first kappa shape index (κ1) is 27.5. The van der Waals surface area contributed by atoms with Crippen molar-refractivity contribution in [1.29, 1.82) is 0 Å². The molecule has 0 radical (unpaired) electrons. The number of rotatable bonds is 14. The number of hydrogen-bond acceptors (Lipinski definition) is 5. The maximum absolute atomic E-state index is 11.6. The van der Waals surface area contributed by atoms with Crippen molar-refractivity contribution in [2.45, 2.75) is 59.4 Å². The number of nitrogens with zero attached hydrogens (tertiary/aromatic N) is 1. The summed E-state index contributed by atoms with van der Waals surface area (Å²) < 4.78 is 0. The quantitative estimate of drug-likeness (QED) is 0.179. The first-order valence-corrected chi connectivity index (χ1v) is 10.9. The van der Waals surface area contributed by atoms with E-state index in [2.05, 4.69) is 49.5 Å². The molecule has 0 aliphatic heterocycles. The topological polar surface area (TPSA) is 113 Å². The highest BCUT2D eigenvalue weighted by atomic mass is 32.2. The molecule has 0 fully saturated rings. The van der Waals surface area contributed by atoms with Crippen molar-refractivity contribution in [3.05, 3.63) is 52.0 Å². The van der Waals surface area contributed by atoms with Crippen molar-refractivity contribution < 1.29 is 19.5 Å². The molecule has 2 N–H and O–H groups in total. The molecule has 166 valence electrons. The molecule has 0 heterocycles. The van der Waals surface area contributed by atoms with Crippen molar-refractivity contribution in [3.63, 3.8) is 0 Å². The van der Waals surface area contributed by atoms with E-state index >= 15 is 0 Å². The van der Waals surface area contributed by atoms with E-state index in [4.69, 9.17) is 5.11 Å². The molecule has 8 heteroatoms. The highest BCUT2D eigenvalue weighted by molar-refractivity contribution is 7.99. The van der Waals surface area contributed by atoms with Gasteiger partial charge in [-0.1, -0.05) is 34.9 Å². The Morgan fingerprint density at radius 1 is 0.967 bits per heavy atom. The van der Waals surface area contributed by atoms with Crippen LogP contribution in [0.25, 0.3) is 0 Å². The van der Waals surface area contributed by atoms with E-state index < -0.39 is 23.8 Å². The van der Waals surface area contributed by atoms with Gasteiger partial charge in [0.2, 0.25) is 5.91 Å². The van der Waals surface area contributed by atoms with Crippen molar-refractivity contribution in [2.75, 3.05) is 11.5 Å². The lowest BCUT2D eigenvalue weighted by atomic mass is 10.1. The number of carboxylic acid groups (broad SMARTS) is 1. The van der Waals surface area contributed by atoms with Crippen LogP contribution >= 0.6 is 11.8 Å². The highest BCUT2D eigenvalue weighted by Gasteiger charge is 2.20. The first-order chi connectivity index (χ1) is 14.1. The molecule has 2 amide bonds. The summed E-state index contributed by atoms with van der Waals surface area (Å²) in [5, 5.41) is 13.2. The number of hydrogen-bond donors (Lipinski definition) is 2. The second-order valence-electron chi connectivity index (χ2n) is 7.16. The van der Waals surface area contributed by atoms with Crippen LogP contribution in [-0.2, 0) is 14.4 Å². The van der Waals surface area contributed by atoms with Gasteiger partial charge < -0.3 is 10.4 Å². The second kappa shape index (κ2) is 16.3. The molecule has 0 aliphatic rings. The van der Waals surface area contributed by atoms with Crippen LogP contribution < -0.4 is 5.32 Å². The Labute approximate surface area is 182 Å². The molecule has 0 spiro atoms. The largest absolute Gasteiger partial charge is 0.478 e. The standard InChI is InChI=1S/C22H32N2O5S/c1-16(2)7-5-8-17(3)9-6-10-18(4)13-14-30-15-19(22(28)24-29)23-20(25)11-12-21(26)27/h7,9,11-13,19H,5-6,8,10,14-15H2,1-4H3,(H,23,25)(H,26,27)/b12-11+,17-9+,18-13+/t19-/m0/s1. The van der Waals surface area contributed by atoms with Crippen LogP contribution in [0.4, 0.5) is 0 Å². The maximum atomic E-state index is 11.6. The predicted octanol–water partition coefficient (Wildman–Crippen LogP) is 4.56. The Morgan fingerprint density at radius 3 is 2.13 bits per heavy atom. The number of carbonyl (C=O) groups is 3. The Kier molecular flexibility index (Phi) is 15.0. The summed E-state index contributed by atoms with van der Waals surface area (Å²) in [7, 11) is 0. The maximum Gasteiger partial charge on any atom is 0.328 e. The molecule has 30 heavy (non-hydrogen) atoms. The number of allylic oxidation sites excluding steroid dienone is 5. The van der Waals surface area contributed by atoms with Gasteiger partial charge in [0.25, 0.3) is 0 Å². The number of amides is 2. The van der Waals surface area contributed by atoms with Crippen LogP contribution in [0, 0.1) is 4.91 Å². The number of carbonyl (C=O) groups excluding carboxylic acids is 2. The minimum Gasteiger partial charge on any atom is -0.478 e. The summed E-state index contributed by atoms with van der Waals surface area (Å²) in [5.74, 6) is -2.25. The third-order valence-corrected chi connectivity index (χ3v) is 5.01. The number of carboxylic acids is 1. The molecule has 0 aliphatic carbocycles. The van der Waals surface area contributed by atoms with E-state index in [-0.39, 0.29) is 5.75 Å². The van der Waals surface area contributed by atoms with Gasteiger partial charge in [-0.3, -0.25) is 9.59 Å². The summed E-state index contributed by atoms with van der Waals surface area (Å²) in [4.78, 5) is 44.1. The van der Waals surface area contributed by atoms with Crippen molar-refractivity contribution in [1.82, 2.24) is 5.32 Å². The first-order valence-electron chi connectivity index (χ1n) is 9.76. The molecule has 0 saturated carbocycles. The van der Waals surface area contributed by atoms with Crippen LogP contribution in [0.1, 0.15) is 53.4 Å². The monoisotopic (exact) mass is 436 g/mol. The lowest BCUT2D eigenvalue weighted by Crippen LogP contribution is -2.41. The Hall–Kier alpha value is -2.48. The van der Waals surface area contributed by atoms with Crippen LogP contribution in [-0.4, -0.2) is 40.4 Å². The van der Waals surface area contributed by atoms with Crippen LogP contribution in [0.5, 0.6) is 0 Å². The van der Waals surface area contributed by atoms with Crippen LogP contribution in [0.15, 0.2) is 52.3 Å². The number of nitroso groups, excluding NO2 is 1. The zero-order valence-electron chi connectivity index (χ0n) is 18.1. The van der Waals surface area contributed by atoms with Gasteiger partial charge in [0.1, 0.15) is 6.04 Å². The molecule has 0 aromatic heterocycles. The van der Waals surface area contributed by atoms with Crippen LogP contribution in [0.2, 0.25) is 0 Å². The summed E-state index contributed by atoms with van der Waals surface area (Å²) in [6.07, 6.45) is 12.0. The molecule has 0 saturated heterocycles. The number of thioether (sulfide) groups is 1. The van der Waals surface area contributed by atoms with Crippen molar-refractivity contribution in [2.24, 2.45) is 5.18 Å². The highest BCUT2D eigenvalue weighted by Crippen LogP contribution is 2.13. The molecule has 0 aromatic carbocycles. The van der Waals surface area contributed by atoms with E-state index in [1.54, 1.807) is 0 Å². The van der Waals surface area contributed by atoms with E-state index in [9.17, 15) is 19.3 Å². The molecule has 1 atom stereocenters. The van der Waals surface area contributed by atoms with Gasteiger partial charge in [-0.25, -0.2) is 4.79 Å². The van der Waals surface area contributed by atoms with E-state index in [0.717, 1.165) is 31.8 Å². The van der Waals surface area contributed by atoms with Crippen molar-refractivity contribution >= 4 is 29.5 Å². The number of aliphatic carboxylic acids is 1. The fourth-order valence-electron chi connectivity index (χ4n) is 2.33. The molecule has 0 unspecified atom stereocenters. The SMILES string of the molecule is CC(C)=CCC/C(C)=C/CC/C(C)=C/CSC[C@H](NC(=O)/C=C/C(=O)O)C(=O)N=O. The zero-order valence-corrected chi connectivity index (χ0v) is 19.0. The lowest BCUT2D eigenvalue weighted by molar-refractivity contribution is -0.131. The molecule has 0 rings (SSSR count). The fraction of sp³-hybridized carbons (Fsp3) is 0.500. The minimum atomic E-state index is -1.28. The third kappa shape index (κ3) is 15.4. The minimum absolute atomic E-state index is 0.171. The fourth-order valence-corrected chi connectivity index (χ4v) is 3.33. The summed E-state index contributed by atoms with van der Waals surface area (Å²) in [6, 6.07) is -1.08. The molecule has 0 bridgehead atoms. The average Bonchev–Trinajstić information content (AvgIpc) is 2.67. The third-order valence-electron chi connectivity index (χ3n) is 4.04. The van der Waals surface area contributed by atoms with Gasteiger partial charge >= 0.3 is 11.9 Å². The van der Waals surface area contributed by atoms with E-state index in [0.29, 0.717) is 11.8 Å². The van der Waals surface area contributed by atoms with Gasteiger partial charge in [-0.15, -0.1) is 4.91 Å². The van der Waals surface area contributed by atoms with Gasteiger partial charge in [0.05, 0.1) is 0 Å². The Balaban J connectivity index is 4.40. The number of nitrogens with one attached hydrogen (secondary N) is 1. The normalized spacial score (nSPS) is 13.1. The Morgan fingerprint density at radius 2 is 1.57 bits per heavy atom. The summed E-state index contributed by atoms with van der Waals surface area (Å²) >= 11 is 1.38. The smallest absolute Gasteiger partial charge is 0.328 e.